The maximum absolute atomic E-state index is 12.1. The molecule has 106 valence electrons. The molecule has 0 saturated heterocycles. The van der Waals surface area contributed by atoms with E-state index in [1.54, 1.807) is 24.3 Å². The van der Waals surface area contributed by atoms with Gasteiger partial charge in [0.1, 0.15) is 5.75 Å². The molecule has 0 radical (unpaired) electrons. The minimum atomic E-state index is -1.09. The lowest BCUT2D eigenvalue weighted by atomic mass is 10.3. The highest BCUT2D eigenvalue weighted by Crippen LogP contribution is 2.19. The number of hydrogen-bond acceptors (Lipinski definition) is 3. The van der Waals surface area contributed by atoms with Crippen molar-refractivity contribution in [2.75, 3.05) is 18.1 Å². The number of nitrogen functional groups attached to an aromatic ring is 1. The molecule has 0 amide bonds. The molecule has 2 aromatic rings. The van der Waals surface area contributed by atoms with E-state index < -0.39 is 10.8 Å². The van der Waals surface area contributed by atoms with Crippen LogP contribution in [0.25, 0.3) is 0 Å². The van der Waals surface area contributed by atoms with Gasteiger partial charge < -0.3 is 10.5 Å². The van der Waals surface area contributed by atoms with Crippen LogP contribution < -0.4 is 10.5 Å². The molecule has 0 heterocycles. The van der Waals surface area contributed by atoms with E-state index in [2.05, 4.69) is 0 Å². The third kappa shape index (κ3) is 4.25. The minimum Gasteiger partial charge on any atom is -0.493 e. The molecule has 0 aliphatic heterocycles. The maximum atomic E-state index is 12.1. The number of hydrogen-bond donors (Lipinski definition) is 1. The van der Waals surface area contributed by atoms with E-state index in [0.717, 1.165) is 5.75 Å². The standard InChI is InChI=1S/C15H16ClNO2S/c16-14-7-1-2-8-15(14)20(18)10-4-9-19-13-6-3-5-12(17)11-13/h1-3,5-8,11H,4,9-10,17H2. The van der Waals surface area contributed by atoms with E-state index in [0.29, 0.717) is 34.4 Å². The second-order valence-corrected chi connectivity index (χ2v) is 6.20. The SMILES string of the molecule is Nc1cccc(OCCCS(=O)c2ccccc2Cl)c1. The number of rotatable bonds is 6. The van der Waals surface area contributed by atoms with Gasteiger partial charge in [-0.15, -0.1) is 0 Å². The Morgan fingerprint density at radius 1 is 1.15 bits per heavy atom. The Morgan fingerprint density at radius 2 is 1.95 bits per heavy atom. The van der Waals surface area contributed by atoms with Crippen molar-refractivity contribution in [1.82, 2.24) is 0 Å². The Labute approximate surface area is 126 Å². The monoisotopic (exact) mass is 309 g/mol. The zero-order chi connectivity index (χ0) is 14.4. The highest BCUT2D eigenvalue weighted by molar-refractivity contribution is 7.85. The summed E-state index contributed by atoms with van der Waals surface area (Å²) < 4.78 is 17.6. The predicted molar refractivity (Wildman–Crippen MR) is 83.7 cm³/mol. The van der Waals surface area contributed by atoms with Crippen molar-refractivity contribution in [1.29, 1.82) is 0 Å². The van der Waals surface area contributed by atoms with Gasteiger partial charge in [-0.1, -0.05) is 29.8 Å². The average Bonchev–Trinajstić information content (AvgIpc) is 2.44. The van der Waals surface area contributed by atoms with Gasteiger partial charge in [0, 0.05) is 17.5 Å². The molecule has 20 heavy (non-hydrogen) atoms. The van der Waals surface area contributed by atoms with Gasteiger partial charge in [-0.05, 0) is 30.7 Å². The molecule has 1 atom stereocenters. The molecule has 0 bridgehead atoms. The van der Waals surface area contributed by atoms with Crippen molar-refractivity contribution >= 4 is 28.1 Å². The summed E-state index contributed by atoms with van der Waals surface area (Å²) in [6.07, 6.45) is 0.687. The van der Waals surface area contributed by atoms with E-state index in [9.17, 15) is 4.21 Å². The summed E-state index contributed by atoms with van der Waals surface area (Å²) in [5.41, 5.74) is 6.33. The quantitative estimate of drug-likeness (QED) is 0.656. The van der Waals surface area contributed by atoms with Crippen LogP contribution in [0, 0.1) is 0 Å². The fourth-order valence-electron chi connectivity index (χ4n) is 1.72. The van der Waals surface area contributed by atoms with E-state index >= 15 is 0 Å². The first kappa shape index (κ1) is 14.9. The Kier molecular flexibility index (Phi) is 5.44. The normalized spacial score (nSPS) is 12.1. The summed E-state index contributed by atoms with van der Waals surface area (Å²) in [7, 11) is -1.09. The molecule has 0 aliphatic rings. The Morgan fingerprint density at radius 3 is 2.70 bits per heavy atom. The number of benzene rings is 2. The van der Waals surface area contributed by atoms with E-state index in [1.165, 1.54) is 0 Å². The Bertz CT molecular complexity index is 604. The van der Waals surface area contributed by atoms with Gasteiger partial charge in [0.15, 0.2) is 0 Å². The van der Waals surface area contributed by atoms with Gasteiger partial charge in [0.05, 0.1) is 27.3 Å². The average molecular weight is 310 g/mol. The molecular weight excluding hydrogens is 294 g/mol. The smallest absolute Gasteiger partial charge is 0.121 e. The topological polar surface area (TPSA) is 52.3 Å². The van der Waals surface area contributed by atoms with Crippen LogP contribution in [0.1, 0.15) is 6.42 Å². The second kappa shape index (κ2) is 7.31. The first-order chi connectivity index (χ1) is 9.66. The number of anilines is 1. The van der Waals surface area contributed by atoms with Crippen molar-refractivity contribution < 1.29 is 8.95 Å². The molecule has 3 nitrogen and oxygen atoms in total. The molecule has 1 unspecified atom stereocenters. The summed E-state index contributed by atoms with van der Waals surface area (Å²) in [6.45, 7) is 0.500. The minimum absolute atomic E-state index is 0.500. The van der Waals surface area contributed by atoms with Gasteiger partial charge in [0.2, 0.25) is 0 Å². The van der Waals surface area contributed by atoms with Crippen LogP contribution in [0.15, 0.2) is 53.4 Å². The molecule has 2 N–H and O–H groups in total. The molecule has 0 aliphatic carbocycles. The molecular formula is C15H16ClNO2S. The lowest BCUT2D eigenvalue weighted by Crippen LogP contribution is -2.05. The van der Waals surface area contributed by atoms with Crippen LogP contribution in [0.5, 0.6) is 5.75 Å². The first-order valence-corrected chi connectivity index (χ1v) is 7.98. The van der Waals surface area contributed by atoms with Crippen molar-refractivity contribution in [3.63, 3.8) is 0 Å². The lowest BCUT2D eigenvalue weighted by Gasteiger charge is -2.07. The first-order valence-electron chi connectivity index (χ1n) is 6.28. The van der Waals surface area contributed by atoms with Crippen LogP contribution in [-0.4, -0.2) is 16.6 Å². The molecule has 2 aromatic carbocycles. The molecule has 0 aromatic heterocycles. The van der Waals surface area contributed by atoms with Gasteiger partial charge in [-0.25, -0.2) is 0 Å². The second-order valence-electron chi connectivity index (χ2n) is 4.25. The fourth-order valence-corrected chi connectivity index (χ4v) is 3.23. The third-order valence-electron chi connectivity index (χ3n) is 2.68. The van der Waals surface area contributed by atoms with Crippen LogP contribution in [0.2, 0.25) is 5.02 Å². The van der Waals surface area contributed by atoms with Crippen LogP contribution >= 0.6 is 11.6 Å². The summed E-state index contributed by atoms with van der Waals surface area (Å²) in [4.78, 5) is 0.679. The van der Waals surface area contributed by atoms with E-state index in [-0.39, 0.29) is 0 Å². The number of halogens is 1. The summed E-state index contributed by atoms with van der Waals surface area (Å²) in [5, 5.41) is 0.544. The van der Waals surface area contributed by atoms with Crippen molar-refractivity contribution in [3.8, 4) is 5.75 Å². The Balaban J connectivity index is 1.79. The van der Waals surface area contributed by atoms with Gasteiger partial charge in [-0.2, -0.15) is 0 Å². The molecule has 0 fully saturated rings. The van der Waals surface area contributed by atoms with Gasteiger partial charge >= 0.3 is 0 Å². The largest absolute Gasteiger partial charge is 0.493 e. The maximum Gasteiger partial charge on any atom is 0.121 e. The van der Waals surface area contributed by atoms with Crippen LogP contribution in [0.4, 0.5) is 5.69 Å². The van der Waals surface area contributed by atoms with Crippen molar-refractivity contribution in [3.05, 3.63) is 53.6 Å². The molecule has 0 spiro atoms. The molecule has 5 heteroatoms. The van der Waals surface area contributed by atoms with E-state index in [1.807, 2.05) is 24.3 Å². The highest BCUT2D eigenvalue weighted by Gasteiger charge is 2.07. The summed E-state index contributed by atoms with van der Waals surface area (Å²) in [5.74, 6) is 1.25. The molecule has 0 saturated carbocycles. The van der Waals surface area contributed by atoms with E-state index in [4.69, 9.17) is 22.1 Å². The van der Waals surface area contributed by atoms with Crippen molar-refractivity contribution in [2.24, 2.45) is 0 Å². The predicted octanol–water partition coefficient (Wildman–Crippen LogP) is 3.50. The van der Waals surface area contributed by atoms with Crippen LogP contribution in [-0.2, 0) is 10.8 Å². The third-order valence-corrected chi connectivity index (χ3v) is 4.63. The van der Waals surface area contributed by atoms with Crippen molar-refractivity contribution in [2.45, 2.75) is 11.3 Å². The van der Waals surface area contributed by atoms with Gasteiger partial charge in [-0.3, -0.25) is 4.21 Å². The number of nitrogens with two attached hydrogens (primary N) is 1. The van der Waals surface area contributed by atoms with Gasteiger partial charge in [0.25, 0.3) is 0 Å². The fraction of sp³-hybridized carbons (Fsp3) is 0.200. The summed E-state index contributed by atoms with van der Waals surface area (Å²) in [6, 6.07) is 14.5. The van der Waals surface area contributed by atoms with Crippen LogP contribution in [0.3, 0.4) is 0 Å². The number of ether oxygens (including phenoxy) is 1. The summed E-state index contributed by atoms with van der Waals surface area (Å²) >= 11 is 6.01. The lowest BCUT2D eigenvalue weighted by molar-refractivity contribution is 0.318. The zero-order valence-corrected chi connectivity index (χ0v) is 12.5. The highest BCUT2D eigenvalue weighted by atomic mass is 35.5. The zero-order valence-electron chi connectivity index (χ0n) is 10.9. The molecule has 2 rings (SSSR count). The Hall–Kier alpha value is -1.52.